The molecule has 9 heteroatoms. The number of pyridine rings is 2. The summed E-state index contributed by atoms with van der Waals surface area (Å²) in [6.45, 7) is 6.21. The predicted molar refractivity (Wildman–Crippen MR) is 126 cm³/mol. The van der Waals surface area contributed by atoms with E-state index in [-0.39, 0.29) is 12.0 Å². The Labute approximate surface area is 197 Å². The molecule has 4 rings (SSSR count). The second-order valence-corrected chi connectivity index (χ2v) is 7.59. The highest BCUT2D eigenvalue weighted by Crippen LogP contribution is 2.37. The Hall–Kier alpha value is -4.37. The van der Waals surface area contributed by atoms with Crippen LogP contribution in [-0.2, 0) is 4.74 Å². The molecule has 172 valence electrons. The maximum Gasteiger partial charge on any atom is 0.409 e. The van der Waals surface area contributed by atoms with Gasteiger partial charge in [0.1, 0.15) is 23.5 Å². The van der Waals surface area contributed by atoms with Crippen molar-refractivity contribution >= 4 is 22.9 Å². The van der Waals surface area contributed by atoms with E-state index < -0.39 is 0 Å². The number of carbonyl (C=O) groups excluding carboxylic acids is 1. The molecule has 1 amide bonds. The molecule has 3 aromatic rings. The zero-order valence-electron chi connectivity index (χ0n) is 19.1. The van der Waals surface area contributed by atoms with Crippen molar-refractivity contribution < 1.29 is 14.3 Å². The number of benzene rings is 1. The van der Waals surface area contributed by atoms with Crippen LogP contribution < -0.4 is 9.64 Å². The molecule has 0 radical (unpaired) electrons. The summed E-state index contributed by atoms with van der Waals surface area (Å²) in [4.78, 5) is 24.9. The van der Waals surface area contributed by atoms with Gasteiger partial charge in [0.2, 0.25) is 5.88 Å². The molecule has 3 heterocycles. The lowest BCUT2D eigenvalue weighted by Gasteiger charge is -2.35. The van der Waals surface area contributed by atoms with E-state index >= 15 is 0 Å². The van der Waals surface area contributed by atoms with Crippen LogP contribution in [0.3, 0.4) is 0 Å². The van der Waals surface area contributed by atoms with E-state index in [1.807, 2.05) is 42.2 Å². The first-order valence-corrected chi connectivity index (χ1v) is 11.1. The number of nitriles is 2. The number of anilines is 1. The third-order valence-electron chi connectivity index (χ3n) is 5.60. The maximum atomic E-state index is 12.0. The van der Waals surface area contributed by atoms with E-state index in [2.05, 4.69) is 17.1 Å². The molecule has 0 N–H and O–H groups in total. The zero-order valence-corrected chi connectivity index (χ0v) is 19.1. The molecule has 9 nitrogen and oxygen atoms in total. The molecule has 1 aliphatic rings. The van der Waals surface area contributed by atoms with Gasteiger partial charge in [-0.05, 0) is 25.5 Å². The number of nitrogens with zero attached hydrogens (tertiary/aromatic N) is 6. The molecule has 34 heavy (non-hydrogen) atoms. The highest BCUT2D eigenvalue weighted by molar-refractivity contribution is 5.98. The molecule has 0 atom stereocenters. The smallest absolute Gasteiger partial charge is 0.409 e. The van der Waals surface area contributed by atoms with Gasteiger partial charge in [0, 0.05) is 37.1 Å². The summed E-state index contributed by atoms with van der Waals surface area (Å²) in [5, 5.41) is 20.5. The van der Waals surface area contributed by atoms with Gasteiger partial charge in [-0.2, -0.15) is 15.5 Å². The number of amides is 1. The van der Waals surface area contributed by atoms with Gasteiger partial charge in [-0.25, -0.2) is 9.78 Å². The van der Waals surface area contributed by atoms with Gasteiger partial charge >= 0.3 is 6.09 Å². The molecule has 0 spiro atoms. The molecule has 1 saturated heterocycles. The van der Waals surface area contributed by atoms with Gasteiger partial charge < -0.3 is 19.3 Å². The molecule has 0 bridgehead atoms. The fourth-order valence-corrected chi connectivity index (χ4v) is 4.05. The van der Waals surface area contributed by atoms with Crippen molar-refractivity contribution in [3.05, 3.63) is 47.5 Å². The molecule has 2 aromatic heterocycles. The number of rotatable bonds is 5. The first-order chi connectivity index (χ1) is 16.6. The number of piperazine rings is 1. The van der Waals surface area contributed by atoms with Crippen LogP contribution in [-0.4, -0.2) is 60.4 Å². The average molecular weight is 457 g/mol. The molecular formula is C25H24N6O3. The second-order valence-electron chi connectivity index (χ2n) is 7.59. The van der Waals surface area contributed by atoms with Gasteiger partial charge in [0.05, 0.1) is 18.8 Å². The Morgan fingerprint density at radius 2 is 1.76 bits per heavy atom. The lowest BCUT2D eigenvalue weighted by molar-refractivity contribution is 0.105. The van der Waals surface area contributed by atoms with E-state index in [0.29, 0.717) is 72.9 Å². The molecule has 0 unspecified atom stereocenters. The van der Waals surface area contributed by atoms with Gasteiger partial charge in [-0.15, -0.1) is 0 Å². The van der Waals surface area contributed by atoms with Crippen molar-refractivity contribution in [1.29, 1.82) is 10.5 Å². The third kappa shape index (κ3) is 4.28. The minimum absolute atomic E-state index is 0.214. The summed E-state index contributed by atoms with van der Waals surface area (Å²) < 4.78 is 10.8. The summed E-state index contributed by atoms with van der Waals surface area (Å²) in [5.74, 6) is 0.712. The maximum absolute atomic E-state index is 12.0. The first-order valence-electron chi connectivity index (χ1n) is 11.1. The minimum atomic E-state index is -0.339. The fraction of sp³-hybridized carbons (Fsp3) is 0.320. The van der Waals surface area contributed by atoms with Gasteiger partial charge in [0.25, 0.3) is 0 Å². The Morgan fingerprint density at radius 1 is 1.03 bits per heavy atom. The van der Waals surface area contributed by atoms with E-state index in [0.717, 1.165) is 5.56 Å². The van der Waals surface area contributed by atoms with E-state index in [4.69, 9.17) is 14.5 Å². The first kappa shape index (κ1) is 22.8. The standard InChI is InChI=1S/C25H24N6O3/c1-3-33-24-20(16-27)21(17-8-6-5-7-9-17)19-14-18(15-26)23(28-22(19)29-24)30-10-12-31(13-11-30)25(32)34-4-2/h5-9,14H,3-4,10-13H2,1-2H3. The Balaban J connectivity index is 1.82. The van der Waals surface area contributed by atoms with E-state index in [9.17, 15) is 15.3 Å². The van der Waals surface area contributed by atoms with Gasteiger partial charge in [0.15, 0.2) is 5.65 Å². The lowest BCUT2D eigenvalue weighted by Crippen LogP contribution is -2.49. The third-order valence-corrected chi connectivity index (χ3v) is 5.60. The number of hydrogen-bond donors (Lipinski definition) is 0. The summed E-state index contributed by atoms with van der Waals surface area (Å²) in [7, 11) is 0. The molecular weight excluding hydrogens is 432 g/mol. The highest BCUT2D eigenvalue weighted by atomic mass is 16.6. The monoisotopic (exact) mass is 456 g/mol. The highest BCUT2D eigenvalue weighted by Gasteiger charge is 2.26. The second kappa shape index (κ2) is 10.1. The Bertz CT molecular complexity index is 1290. The summed E-state index contributed by atoms with van der Waals surface area (Å²) in [6.07, 6.45) is -0.339. The molecule has 1 aliphatic heterocycles. The largest absolute Gasteiger partial charge is 0.477 e. The quantitative estimate of drug-likeness (QED) is 0.570. The van der Waals surface area contributed by atoms with Crippen LogP contribution in [0, 0.1) is 22.7 Å². The normalized spacial score (nSPS) is 13.3. The fourth-order valence-electron chi connectivity index (χ4n) is 4.05. The minimum Gasteiger partial charge on any atom is -0.477 e. The van der Waals surface area contributed by atoms with Crippen molar-refractivity contribution in [2.24, 2.45) is 0 Å². The summed E-state index contributed by atoms with van der Waals surface area (Å²) in [6, 6.07) is 15.7. The Kier molecular flexibility index (Phi) is 6.74. The number of fused-ring (bicyclic) bond motifs is 1. The van der Waals surface area contributed by atoms with Gasteiger partial charge in [-0.1, -0.05) is 30.3 Å². The number of ether oxygens (including phenoxy) is 2. The number of aromatic nitrogens is 2. The van der Waals surface area contributed by atoms with Crippen LogP contribution >= 0.6 is 0 Å². The topological polar surface area (TPSA) is 115 Å². The van der Waals surface area contributed by atoms with Crippen molar-refractivity contribution in [1.82, 2.24) is 14.9 Å². The van der Waals surface area contributed by atoms with E-state index in [1.165, 1.54) is 0 Å². The van der Waals surface area contributed by atoms with Crippen molar-refractivity contribution in [2.75, 3.05) is 44.3 Å². The average Bonchev–Trinajstić information content (AvgIpc) is 2.88. The summed E-state index contributed by atoms with van der Waals surface area (Å²) >= 11 is 0. The van der Waals surface area contributed by atoms with Crippen molar-refractivity contribution in [2.45, 2.75) is 13.8 Å². The summed E-state index contributed by atoms with van der Waals surface area (Å²) in [5.41, 5.74) is 2.53. The molecule has 0 saturated carbocycles. The molecule has 0 aliphatic carbocycles. The van der Waals surface area contributed by atoms with Gasteiger partial charge in [-0.3, -0.25) is 0 Å². The lowest BCUT2D eigenvalue weighted by atomic mass is 9.97. The molecule has 1 fully saturated rings. The van der Waals surface area contributed by atoms with Crippen LogP contribution in [0.1, 0.15) is 25.0 Å². The van der Waals surface area contributed by atoms with Crippen LogP contribution in [0.2, 0.25) is 0 Å². The van der Waals surface area contributed by atoms with Crippen molar-refractivity contribution in [3.8, 4) is 29.1 Å². The Morgan fingerprint density at radius 3 is 2.38 bits per heavy atom. The SMILES string of the molecule is CCOC(=O)N1CCN(c2nc3nc(OCC)c(C#N)c(-c4ccccc4)c3cc2C#N)CC1. The van der Waals surface area contributed by atoms with Crippen molar-refractivity contribution in [3.63, 3.8) is 0 Å². The number of carbonyl (C=O) groups is 1. The zero-order chi connectivity index (χ0) is 24.1. The van der Waals surface area contributed by atoms with Crippen LogP contribution in [0.25, 0.3) is 22.2 Å². The van der Waals surface area contributed by atoms with E-state index in [1.54, 1.807) is 17.9 Å². The molecule has 1 aromatic carbocycles. The van der Waals surface area contributed by atoms with Crippen LogP contribution in [0.4, 0.5) is 10.6 Å². The van der Waals surface area contributed by atoms with Crippen LogP contribution in [0.15, 0.2) is 36.4 Å². The number of hydrogen-bond acceptors (Lipinski definition) is 8. The van der Waals surface area contributed by atoms with Crippen LogP contribution in [0.5, 0.6) is 5.88 Å². The predicted octanol–water partition coefficient (Wildman–Crippen LogP) is 3.72.